The Morgan fingerprint density at radius 3 is 2.57 bits per heavy atom. The molecule has 14 heavy (non-hydrogen) atoms. The van der Waals surface area contributed by atoms with E-state index in [0.717, 1.165) is 12.8 Å². The van der Waals surface area contributed by atoms with Gasteiger partial charge in [-0.2, -0.15) is 0 Å². The summed E-state index contributed by atoms with van der Waals surface area (Å²) in [7, 11) is 0. The SMILES string of the molecule is C=CCC(C=C)Cc1ccccc1I. The number of halogens is 1. The molecule has 0 saturated heterocycles. The van der Waals surface area contributed by atoms with Crippen LogP contribution in [0, 0.1) is 9.49 Å². The molecular weight excluding hydrogens is 283 g/mol. The van der Waals surface area contributed by atoms with Gasteiger partial charge in [-0.15, -0.1) is 13.2 Å². The highest BCUT2D eigenvalue weighted by molar-refractivity contribution is 14.1. The van der Waals surface area contributed by atoms with Gasteiger partial charge in [0.25, 0.3) is 0 Å². The van der Waals surface area contributed by atoms with Crippen LogP contribution in [0.1, 0.15) is 12.0 Å². The van der Waals surface area contributed by atoms with E-state index in [1.807, 2.05) is 12.2 Å². The number of benzene rings is 1. The van der Waals surface area contributed by atoms with Crippen LogP contribution < -0.4 is 0 Å². The molecule has 0 amide bonds. The Morgan fingerprint density at radius 2 is 2.00 bits per heavy atom. The molecule has 0 aliphatic heterocycles. The van der Waals surface area contributed by atoms with Gasteiger partial charge in [-0.3, -0.25) is 0 Å². The maximum absolute atomic E-state index is 3.86. The summed E-state index contributed by atoms with van der Waals surface area (Å²) in [6.07, 6.45) is 6.05. The van der Waals surface area contributed by atoms with Crippen molar-refractivity contribution in [1.29, 1.82) is 0 Å². The topological polar surface area (TPSA) is 0 Å². The third-order valence-corrected chi connectivity index (χ3v) is 3.30. The van der Waals surface area contributed by atoms with Gasteiger partial charge in [-0.1, -0.05) is 30.4 Å². The van der Waals surface area contributed by atoms with Gasteiger partial charge in [0, 0.05) is 3.57 Å². The number of allylic oxidation sites excluding steroid dienone is 2. The summed E-state index contributed by atoms with van der Waals surface area (Å²) in [6.45, 7) is 7.62. The Labute approximate surface area is 99.9 Å². The van der Waals surface area contributed by atoms with E-state index in [-0.39, 0.29) is 0 Å². The van der Waals surface area contributed by atoms with Crippen molar-refractivity contribution in [2.45, 2.75) is 12.8 Å². The fourth-order valence-electron chi connectivity index (χ4n) is 1.42. The fourth-order valence-corrected chi connectivity index (χ4v) is 2.03. The van der Waals surface area contributed by atoms with Crippen molar-refractivity contribution in [3.05, 3.63) is 58.7 Å². The van der Waals surface area contributed by atoms with E-state index in [1.54, 1.807) is 0 Å². The maximum atomic E-state index is 3.86. The van der Waals surface area contributed by atoms with E-state index < -0.39 is 0 Å². The van der Waals surface area contributed by atoms with Crippen LogP contribution in [0.25, 0.3) is 0 Å². The predicted molar refractivity (Wildman–Crippen MR) is 71.4 cm³/mol. The second-order valence-corrected chi connectivity index (χ2v) is 4.48. The first-order valence-electron chi connectivity index (χ1n) is 4.74. The molecule has 0 aliphatic rings. The van der Waals surface area contributed by atoms with E-state index in [4.69, 9.17) is 0 Å². The van der Waals surface area contributed by atoms with Gasteiger partial charge >= 0.3 is 0 Å². The van der Waals surface area contributed by atoms with E-state index in [1.165, 1.54) is 9.13 Å². The highest BCUT2D eigenvalue weighted by Gasteiger charge is 2.05. The van der Waals surface area contributed by atoms with E-state index in [2.05, 4.69) is 60.0 Å². The molecular formula is C13H15I. The standard InChI is InChI=1S/C13H15I/c1-3-7-11(4-2)10-12-8-5-6-9-13(12)14/h3-6,8-9,11H,1-2,7,10H2. The highest BCUT2D eigenvalue weighted by atomic mass is 127. The quantitative estimate of drug-likeness (QED) is 0.564. The van der Waals surface area contributed by atoms with Crippen LogP contribution in [-0.4, -0.2) is 0 Å². The zero-order chi connectivity index (χ0) is 10.4. The fraction of sp³-hybridized carbons (Fsp3) is 0.231. The molecule has 0 aliphatic carbocycles. The van der Waals surface area contributed by atoms with Crippen LogP contribution in [0.2, 0.25) is 0 Å². The van der Waals surface area contributed by atoms with Crippen LogP contribution in [0.15, 0.2) is 49.6 Å². The average molecular weight is 298 g/mol. The summed E-state index contributed by atoms with van der Waals surface area (Å²) in [5, 5.41) is 0. The molecule has 74 valence electrons. The van der Waals surface area contributed by atoms with Gasteiger partial charge in [0.2, 0.25) is 0 Å². The second-order valence-electron chi connectivity index (χ2n) is 3.32. The number of hydrogen-bond donors (Lipinski definition) is 0. The van der Waals surface area contributed by atoms with E-state index >= 15 is 0 Å². The van der Waals surface area contributed by atoms with Crippen LogP contribution in [0.3, 0.4) is 0 Å². The van der Waals surface area contributed by atoms with Crippen molar-refractivity contribution in [2.75, 3.05) is 0 Å². The molecule has 1 aromatic rings. The summed E-state index contributed by atoms with van der Waals surface area (Å²) in [5.41, 5.74) is 1.40. The zero-order valence-electron chi connectivity index (χ0n) is 8.25. The molecule has 1 aromatic carbocycles. The minimum atomic E-state index is 0.517. The highest BCUT2D eigenvalue weighted by Crippen LogP contribution is 2.18. The van der Waals surface area contributed by atoms with Crippen molar-refractivity contribution in [3.63, 3.8) is 0 Å². The molecule has 0 heterocycles. The third-order valence-electron chi connectivity index (χ3n) is 2.24. The monoisotopic (exact) mass is 298 g/mol. The molecule has 0 spiro atoms. The molecule has 0 aromatic heterocycles. The summed E-state index contributed by atoms with van der Waals surface area (Å²) in [4.78, 5) is 0. The summed E-state index contributed by atoms with van der Waals surface area (Å²) >= 11 is 2.38. The minimum absolute atomic E-state index is 0.517. The first kappa shape index (κ1) is 11.5. The number of rotatable bonds is 5. The van der Waals surface area contributed by atoms with E-state index in [9.17, 15) is 0 Å². The molecule has 1 atom stereocenters. The van der Waals surface area contributed by atoms with Gasteiger partial charge in [0.05, 0.1) is 0 Å². The van der Waals surface area contributed by atoms with Crippen LogP contribution in [0.5, 0.6) is 0 Å². The molecule has 0 nitrogen and oxygen atoms in total. The normalized spacial score (nSPS) is 12.1. The lowest BCUT2D eigenvalue weighted by molar-refractivity contribution is 0.659. The smallest absolute Gasteiger partial charge is 0.0162 e. The zero-order valence-corrected chi connectivity index (χ0v) is 10.4. The molecule has 0 radical (unpaired) electrons. The third kappa shape index (κ3) is 3.29. The van der Waals surface area contributed by atoms with Gasteiger partial charge in [0.1, 0.15) is 0 Å². The maximum Gasteiger partial charge on any atom is 0.0162 e. The van der Waals surface area contributed by atoms with Crippen LogP contribution in [-0.2, 0) is 6.42 Å². The van der Waals surface area contributed by atoms with Crippen molar-refractivity contribution in [1.82, 2.24) is 0 Å². The van der Waals surface area contributed by atoms with Gasteiger partial charge in [-0.25, -0.2) is 0 Å². The van der Waals surface area contributed by atoms with Crippen molar-refractivity contribution < 1.29 is 0 Å². The van der Waals surface area contributed by atoms with Gasteiger partial charge < -0.3 is 0 Å². The Hall–Kier alpha value is -0.570. The van der Waals surface area contributed by atoms with Crippen molar-refractivity contribution in [2.24, 2.45) is 5.92 Å². The first-order chi connectivity index (χ1) is 6.77. The van der Waals surface area contributed by atoms with Crippen molar-refractivity contribution >= 4 is 22.6 Å². The average Bonchev–Trinajstić information content (AvgIpc) is 2.20. The van der Waals surface area contributed by atoms with Crippen LogP contribution in [0.4, 0.5) is 0 Å². The first-order valence-corrected chi connectivity index (χ1v) is 5.82. The Morgan fingerprint density at radius 1 is 1.29 bits per heavy atom. The Balaban J connectivity index is 2.71. The largest absolute Gasteiger partial charge is 0.103 e. The molecule has 0 N–H and O–H groups in total. The predicted octanol–water partition coefficient (Wildman–Crippen LogP) is 4.21. The Kier molecular flexibility index (Phi) is 4.94. The lowest BCUT2D eigenvalue weighted by Gasteiger charge is -2.11. The van der Waals surface area contributed by atoms with Gasteiger partial charge in [-0.05, 0) is 53.0 Å². The summed E-state index contributed by atoms with van der Waals surface area (Å²) in [5.74, 6) is 0.517. The lowest BCUT2D eigenvalue weighted by atomic mass is 9.96. The van der Waals surface area contributed by atoms with Gasteiger partial charge in [0.15, 0.2) is 0 Å². The van der Waals surface area contributed by atoms with Crippen LogP contribution >= 0.6 is 22.6 Å². The molecule has 1 heteroatoms. The molecule has 0 saturated carbocycles. The molecule has 1 rings (SSSR count). The molecule has 0 bridgehead atoms. The van der Waals surface area contributed by atoms with Crippen molar-refractivity contribution in [3.8, 4) is 0 Å². The Bertz CT molecular complexity index is 315. The minimum Gasteiger partial charge on any atom is -0.103 e. The summed E-state index contributed by atoms with van der Waals surface area (Å²) in [6, 6.07) is 8.48. The second kappa shape index (κ2) is 6.02. The molecule has 1 unspecified atom stereocenters. The summed E-state index contributed by atoms with van der Waals surface area (Å²) < 4.78 is 1.33. The molecule has 0 fully saturated rings. The number of hydrogen-bond acceptors (Lipinski definition) is 0. The lowest BCUT2D eigenvalue weighted by Crippen LogP contribution is -2.01. The van der Waals surface area contributed by atoms with E-state index in [0.29, 0.717) is 5.92 Å².